The zero-order valence-corrected chi connectivity index (χ0v) is 11.5. The molecule has 19 heavy (non-hydrogen) atoms. The summed E-state index contributed by atoms with van der Waals surface area (Å²) in [7, 11) is 0. The molecular formula is C16H18N2O. The van der Waals surface area contributed by atoms with Crippen LogP contribution in [0.1, 0.15) is 34.2 Å². The maximum absolute atomic E-state index is 12.2. The van der Waals surface area contributed by atoms with Crippen LogP contribution in [-0.2, 0) is 6.42 Å². The predicted octanol–water partition coefficient (Wildman–Crippen LogP) is 3.51. The number of rotatable bonds is 3. The van der Waals surface area contributed by atoms with Crippen molar-refractivity contribution in [3.63, 3.8) is 0 Å². The molecule has 1 amide bonds. The van der Waals surface area contributed by atoms with Gasteiger partial charge < -0.3 is 5.32 Å². The number of aromatic nitrogens is 1. The summed E-state index contributed by atoms with van der Waals surface area (Å²) in [6.45, 7) is 5.98. The van der Waals surface area contributed by atoms with Gasteiger partial charge in [-0.3, -0.25) is 4.79 Å². The highest BCUT2D eigenvalue weighted by atomic mass is 16.1. The SMILES string of the molecule is CCc1cc(C)cc(C(=O)Nc2ccccc2C)n1. The lowest BCUT2D eigenvalue weighted by Gasteiger charge is -2.09. The van der Waals surface area contributed by atoms with E-state index in [1.54, 1.807) is 0 Å². The van der Waals surface area contributed by atoms with E-state index in [0.717, 1.165) is 28.9 Å². The maximum atomic E-state index is 12.2. The molecule has 1 aromatic heterocycles. The Labute approximate surface area is 113 Å². The summed E-state index contributed by atoms with van der Waals surface area (Å²) in [5.74, 6) is -0.160. The fraction of sp³-hybridized carbons (Fsp3) is 0.250. The van der Waals surface area contributed by atoms with Crippen molar-refractivity contribution in [2.24, 2.45) is 0 Å². The van der Waals surface area contributed by atoms with E-state index in [0.29, 0.717) is 5.69 Å². The van der Waals surface area contributed by atoms with Crippen molar-refractivity contribution in [3.05, 3.63) is 58.9 Å². The fourth-order valence-corrected chi connectivity index (χ4v) is 1.94. The highest BCUT2D eigenvalue weighted by molar-refractivity contribution is 6.03. The molecular weight excluding hydrogens is 236 g/mol. The zero-order chi connectivity index (χ0) is 13.8. The minimum Gasteiger partial charge on any atom is -0.320 e. The lowest BCUT2D eigenvalue weighted by molar-refractivity contribution is 0.102. The van der Waals surface area contributed by atoms with Crippen molar-refractivity contribution >= 4 is 11.6 Å². The van der Waals surface area contributed by atoms with Gasteiger partial charge in [-0.05, 0) is 49.6 Å². The van der Waals surface area contributed by atoms with E-state index < -0.39 is 0 Å². The van der Waals surface area contributed by atoms with Crippen LogP contribution in [0.3, 0.4) is 0 Å². The van der Waals surface area contributed by atoms with Crippen LogP contribution in [0.15, 0.2) is 36.4 Å². The first-order valence-electron chi connectivity index (χ1n) is 6.44. The summed E-state index contributed by atoms with van der Waals surface area (Å²) >= 11 is 0. The van der Waals surface area contributed by atoms with Crippen LogP contribution in [0.25, 0.3) is 0 Å². The number of benzene rings is 1. The lowest BCUT2D eigenvalue weighted by Crippen LogP contribution is -2.15. The minimum absolute atomic E-state index is 0.160. The van der Waals surface area contributed by atoms with Crippen molar-refractivity contribution in [1.82, 2.24) is 4.98 Å². The smallest absolute Gasteiger partial charge is 0.274 e. The summed E-state index contributed by atoms with van der Waals surface area (Å²) in [5.41, 5.74) is 4.34. The summed E-state index contributed by atoms with van der Waals surface area (Å²) < 4.78 is 0. The third-order valence-electron chi connectivity index (χ3n) is 3.01. The molecule has 1 heterocycles. The molecule has 3 heteroatoms. The largest absolute Gasteiger partial charge is 0.320 e. The van der Waals surface area contributed by atoms with Gasteiger partial charge in [0.15, 0.2) is 0 Å². The van der Waals surface area contributed by atoms with E-state index in [-0.39, 0.29) is 5.91 Å². The van der Waals surface area contributed by atoms with Crippen LogP contribution in [0.5, 0.6) is 0 Å². The average Bonchev–Trinajstić information content (AvgIpc) is 2.40. The van der Waals surface area contributed by atoms with Crippen LogP contribution < -0.4 is 5.32 Å². The van der Waals surface area contributed by atoms with Gasteiger partial charge in [0.25, 0.3) is 5.91 Å². The van der Waals surface area contributed by atoms with E-state index in [1.165, 1.54) is 0 Å². The molecule has 2 aromatic rings. The molecule has 0 unspecified atom stereocenters. The molecule has 98 valence electrons. The Kier molecular flexibility index (Phi) is 3.95. The Morgan fingerprint density at radius 3 is 2.63 bits per heavy atom. The Bertz CT molecular complexity index is 605. The molecule has 0 aliphatic carbocycles. The summed E-state index contributed by atoms with van der Waals surface area (Å²) in [6, 6.07) is 11.5. The number of amides is 1. The molecule has 1 N–H and O–H groups in total. The monoisotopic (exact) mass is 254 g/mol. The van der Waals surface area contributed by atoms with Crippen molar-refractivity contribution in [2.45, 2.75) is 27.2 Å². The van der Waals surface area contributed by atoms with E-state index in [1.807, 2.05) is 57.2 Å². The second-order valence-corrected chi connectivity index (χ2v) is 4.64. The fourth-order valence-electron chi connectivity index (χ4n) is 1.94. The van der Waals surface area contributed by atoms with Crippen molar-refractivity contribution in [2.75, 3.05) is 5.32 Å². The Morgan fingerprint density at radius 2 is 1.95 bits per heavy atom. The van der Waals surface area contributed by atoms with Gasteiger partial charge in [-0.15, -0.1) is 0 Å². The van der Waals surface area contributed by atoms with E-state index in [4.69, 9.17) is 0 Å². The number of nitrogens with one attached hydrogen (secondary N) is 1. The van der Waals surface area contributed by atoms with Gasteiger partial charge >= 0.3 is 0 Å². The van der Waals surface area contributed by atoms with Crippen molar-refractivity contribution < 1.29 is 4.79 Å². The number of pyridine rings is 1. The average molecular weight is 254 g/mol. The molecule has 0 spiro atoms. The second-order valence-electron chi connectivity index (χ2n) is 4.64. The van der Waals surface area contributed by atoms with E-state index >= 15 is 0 Å². The molecule has 0 aliphatic rings. The molecule has 0 bridgehead atoms. The number of carbonyl (C=O) groups is 1. The van der Waals surface area contributed by atoms with Gasteiger partial charge in [-0.2, -0.15) is 0 Å². The third-order valence-corrected chi connectivity index (χ3v) is 3.01. The summed E-state index contributed by atoms with van der Waals surface area (Å²) in [6.07, 6.45) is 0.826. The normalized spacial score (nSPS) is 10.3. The van der Waals surface area contributed by atoms with Crippen LogP contribution in [0, 0.1) is 13.8 Å². The van der Waals surface area contributed by atoms with Gasteiger partial charge in [0.1, 0.15) is 5.69 Å². The molecule has 0 fully saturated rings. The Balaban J connectivity index is 2.25. The topological polar surface area (TPSA) is 42.0 Å². The summed E-state index contributed by atoms with van der Waals surface area (Å²) in [4.78, 5) is 16.6. The van der Waals surface area contributed by atoms with E-state index in [2.05, 4.69) is 10.3 Å². The molecule has 0 saturated heterocycles. The minimum atomic E-state index is -0.160. The Hall–Kier alpha value is -2.16. The van der Waals surface area contributed by atoms with Crippen LogP contribution in [0.4, 0.5) is 5.69 Å². The third kappa shape index (κ3) is 3.19. The standard InChI is InChI=1S/C16H18N2O/c1-4-13-9-11(2)10-15(17-13)16(19)18-14-8-6-5-7-12(14)3/h5-10H,4H2,1-3H3,(H,18,19). The summed E-state index contributed by atoms with van der Waals surface area (Å²) in [5, 5.41) is 2.90. The molecule has 0 saturated carbocycles. The molecule has 2 rings (SSSR count). The van der Waals surface area contributed by atoms with Gasteiger partial charge in [0.05, 0.1) is 0 Å². The van der Waals surface area contributed by atoms with Crippen molar-refractivity contribution in [1.29, 1.82) is 0 Å². The number of hydrogen-bond acceptors (Lipinski definition) is 2. The number of aryl methyl sites for hydroxylation is 3. The number of nitrogens with zero attached hydrogens (tertiary/aromatic N) is 1. The van der Waals surface area contributed by atoms with Crippen molar-refractivity contribution in [3.8, 4) is 0 Å². The van der Waals surface area contributed by atoms with E-state index in [9.17, 15) is 4.79 Å². The highest BCUT2D eigenvalue weighted by Crippen LogP contribution is 2.15. The molecule has 1 aromatic carbocycles. The first-order valence-corrected chi connectivity index (χ1v) is 6.44. The van der Waals surface area contributed by atoms with Gasteiger partial charge in [0, 0.05) is 11.4 Å². The van der Waals surface area contributed by atoms with Crippen LogP contribution in [-0.4, -0.2) is 10.9 Å². The zero-order valence-electron chi connectivity index (χ0n) is 11.5. The molecule has 0 radical (unpaired) electrons. The quantitative estimate of drug-likeness (QED) is 0.910. The Morgan fingerprint density at radius 1 is 1.21 bits per heavy atom. The second kappa shape index (κ2) is 5.65. The van der Waals surface area contributed by atoms with Gasteiger partial charge in [-0.1, -0.05) is 25.1 Å². The molecule has 0 atom stereocenters. The molecule has 3 nitrogen and oxygen atoms in total. The number of para-hydroxylation sites is 1. The van der Waals surface area contributed by atoms with Gasteiger partial charge in [0.2, 0.25) is 0 Å². The van der Waals surface area contributed by atoms with Gasteiger partial charge in [-0.25, -0.2) is 4.98 Å². The number of anilines is 1. The van der Waals surface area contributed by atoms with Crippen LogP contribution >= 0.6 is 0 Å². The highest BCUT2D eigenvalue weighted by Gasteiger charge is 2.10. The van der Waals surface area contributed by atoms with Crippen LogP contribution in [0.2, 0.25) is 0 Å². The number of carbonyl (C=O) groups excluding carboxylic acids is 1. The maximum Gasteiger partial charge on any atom is 0.274 e. The molecule has 0 aliphatic heterocycles. The lowest BCUT2D eigenvalue weighted by atomic mass is 10.1. The number of hydrogen-bond donors (Lipinski definition) is 1. The first-order chi connectivity index (χ1) is 9.10. The predicted molar refractivity (Wildman–Crippen MR) is 77.5 cm³/mol. The first kappa shape index (κ1) is 13.3.